The molecule has 0 N–H and O–H groups in total. The molecule has 0 bridgehead atoms. The topological polar surface area (TPSA) is 100 Å². The second kappa shape index (κ2) is 8.89. The number of hydrogen-bond acceptors (Lipinski definition) is 7. The molecule has 0 heterocycles. The average molecular weight is 416 g/mol. The quantitative estimate of drug-likeness (QED) is 0.456. The van der Waals surface area contributed by atoms with Gasteiger partial charge in [0.2, 0.25) is 11.5 Å². The van der Waals surface area contributed by atoms with Crippen LogP contribution in [0.1, 0.15) is 28.8 Å². The lowest BCUT2D eigenvalue weighted by atomic mass is 10.1. The van der Waals surface area contributed by atoms with Gasteiger partial charge in [0.25, 0.3) is 5.91 Å². The molecule has 2 aromatic rings. The first-order chi connectivity index (χ1) is 14.4. The minimum atomic E-state index is -0.632. The molecule has 3 rings (SSSR count). The molecule has 9 nitrogen and oxygen atoms in total. The molecule has 0 spiro atoms. The van der Waals surface area contributed by atoms with Crippen LogP contribution in [0.15, 0.2) is 30.3 Å². The van der Waals surface area contributed by atoms with E-state index >= 15 is 0 Å². The molecule has 1 fully saturated rings. The molecule has 9 heteroatoms. The fourth-order valence-corrected chi connectivity index (χ4v) is 3.32. The van der Waals surface area contributed by atoms with Crippen molar-refractivity contribution in [2.45, 2.75) is 25.4 Å². The van der Waals surface area contributed by atoms with Crippen LogP contribution in [0, 0.1) is 10.1 Å². The van der Waals surface area contributed by atoms with Crippen LogP contribution >= 0.6 is 0 Å². The number of ether oxygens (including phenoxy) is 4. The summed E-state index contributed by atoms with van der Waals surface area (Å²) >= 11 is 0. The highest BCUT2D eigenvalue weighted by Crippen LogP contribution is 2.47. The number of carbonyl (C=O) groups is 1. The van der Waals surface area contributed by atoms with Gasteiger partial charge in [0.1, 0.15) is 11.3 Å². The van der Waals surface area contributed by atoms with E-state index in [4.69, 9.17) is 18.9 Å². The summed E-state index contributed by atoms with van der Waals surface area (Å²) < 4.78 is 20.9. The van der Waals surface area contributed by atoms with Crippen LogP contribution in [0.4, 0.5) is 5.69 Å². The Balaban J connectivity index is 2.04. The van der Waals surface area contributed by atoms with Crippen LogP contribution in [0.5, 0.6) is 23.0 Å². The lowest BCUT2D eigenvalue weighted by molar-refractivity contribution is -0.386. The largest absolute Gasteiger partial charge is 0.497 e. The van der Waals surface area contributed by atoms with E-state index in [9.17, 15) is 14.9 Å². The molecule has 2 aromatic carbocycles. The van der Waals surface area contributed by atoms with Crippen molar-refractivity contribution >= 4 is 11.6 Å². The summed E-state index contributed by atoms with van der Waals surface area (Å²) in [6.07, 6.45) is 1.69. The first kappa shape index (κ1) is 21.2. The Kier molecular flexibility index (Phi) is 6.29. The standard InChI is InChI=1S/C21H24N2O7/c1-27-15-9-5-13(6-10-15)12-22(14-7-8-14)21(24)16-11-17(28-2)19(29-3)20(30-4)18(16)23(25)26/h5-6,9-11,14H,7-8,12H2,1-4H3. The van der Waals surface area contributed by atoms with Crippen molar-refractivity contribution in [3.05, 3.63) is 51.6 Å². The van der Waals surface area contributed by atoms with Crippen molar-refractivity contribution in [1.29, 1.82) is 0 Å². The Morgan fingerprint density at radius 2 is 1.67 bits per heavy atom. The third-order valence-electron chi connectivity index (χ3n) is 4.98. The van der Waals surface area contributed by atoms with Gasteiger partial charge < -0.3 is 23.8 Å². The van der Waals surface area contributed by atoms with Crippen LogP contribution in [0.25, 0.3) is 0 Å². The molecule has 1 saturated carbocycles. The number of rotatable bonds is 9. The Morgan fingerprint density at radius 3 is 2.13 bits per heavy atom. The molecule has 0 aromatic heterocycles. The van der Waals surface area contributed by atoms with E-state index in [2.05, 4.69) is 0 Å². The van der Waals surface area contributed by atoms with Crippen molar-refractivity contribution < 1.29 is 28.7 Å². The summed E-state index contributed by atoms with van der Waals surface area (Å²) in [6, 6.07) is 8.72. The molecule has 1 aliphatic carbocycles. The second-order valence-electron chi connectivity index (χ2n) is 6.81. The van der Waals surface area contributed by atoms with E-state index in [1.165, 1.54) is 27.4 Å². The molecule has 0 saturated heterocycles. The van der Waals surface area contributed by atoms with Crippen LogP contribution in [0.3, 0.4) is 0 Å². The van der Waals surface area contributed by atoms with E-state index in [1.54, 1.807) is 12.0 Å². The predicted octanol–water partition coefficient (Wildman–Crippen LogP) is 3.43. The zero-order valence-electron chi connectivity index (χ0n) is 17.3. The number of methoxy groups -OCH3 is 4. The average Bonchev–Trinajstić information content (AvgIpc) is 3.60. The predicted molar refractivity (Wildman–Crippen MR) is 109 cm³/mol. The zero-order chi connectivity index (χ0) is 21.8. The SMILES string of the molecule is COc1ccc(CN(C(=O)c2cc(OC)c(OC)c(OC)c2[N+](=O)[O-])C2CC2)cc1. The highest BCUT2D eigenvalue weighted by atomic mass is 16.6. The monoisotopic (exact) mass is 416 g/mol. The number of carbonyl (C=O) groups excluding carboxylic acids is 1. The minimum Gasteiger partial charge on any atom is -0.497 e. The van der Waals surface area contributed by atoms with Crippen molar-refractivity contribution in [3.63, 3.8) is 0 Å². The molecule has 0 radical (unpaired) electrons. The highest BCUT2D eigenvalue weighted by Gasteiger charge is 2.39. The van der Waals surface area contributed by atoms with Gasteiger partial charge in [-0.25, -0.2) is 0 Å². The molecule has 0 unspecified atom stereocenters. The van der Waals surface area contributed by atoms with Crippen molar-refractivity contribution in [2.75, 3.05) is 28.4 Å². The molecule has 1 aliphatic rings. The Hall–Kier alpha value is -3.49. The maximum absolute atomic E-state index is 13.5. The number of nitro benzene ring substituents is 1. The smallest absolute Gasteiger partial charge is 0.327 e. The first-order valence-electron chi connectivity index (χ1n) is 9.36. The third kappa shape index (κ3) is 4.10. The van der Waals surface area contributed by atoms with Gasteiger partial charge in [0.05, 0.1) is 33.4 Å². The van der Waals surface area contributed by atoms with Gasteiger partial charge in [-0.2, -0.15) is 0 Å². The van der Waals surface area contributed by atoms with Crippen LogP contribution in [-0.2, 0) is 6.54 Å². The molecule has 30 heavy (non-hydrogen) atoms. The van der Waals surface area contributed by atoms with Gasteiger partial charge in [-0.1, -0.05) is 12.1 Å². The van der Waals surface area contributed by atoms with Gasteiger partial charge in [-0.3, -0.25) is 14.9 Å². The fourth-order valence-electron chi connectivity index (χ4n) is 3.32. The normalized spacial score (nSPS) is 12.8. The Morgan fingerprint density at radius 1 is 1.03 bits per heavy atom. The third-order valence-corrected chi connectivity index (χ3v) is 4.98. The molecule has 0 atom stereocenters. The van der Waals surface area contributed by atoms with Gasteiger partial charge in [0.15, 0.2) is 5.75 Å². The van der Waals surface area contributed by atoms with E-state index in [0.717, 1.165) is 18.4 Å². The van der Waals surface area contributed by atoms with E-state index in [0.29, 0.717) is 12.3 Å². The van der Waals surface area contributed by atoms with Crippen LogP contribution in [0.2, 0.25) is 0 Å². The summed E-state index contributed by atoms with van der Waals surface area (Å²) in [5.41, 5.74) is 0.349. The number of nitro groups is 1. The van der Waals surface area contributed by atoms with E-state index < -0.39 is 16.5 Å². The summed E-state index contributed by atoms with van der Waals surface area (Å²) in [4.78, 5) is 26.3. The Bertz CT molecular complexity index is 939. The van der Waals surface area contributed by atoms with Crippen LogP contribution < -0.4 is 18.9 Å². The first-order valence-corrected chi connectivity index (χ1v) is 9.36. The fraction of sp³-hybridized carbons (Fsp3) is 0.381. The maximum atomic E-state index is 13.5. The highest BCUT2D eigenvalue weighted by molar-refractivity contribution is 6.01. The molecule has 0 aliphatic heterocycles. The van der Waals surface area contributed by atoms with E-state index in [-0.39, 0.29) is 28.9 Å². The summed E-state index contributed by atoms with van der Waals surface area (Å²) in [6.45, 7) is 0.321. The number of nitrogens with zero attached hydrogens (tertiary/aromatic N) is 2. The Labute approximate surface area is 174 Å². The van der Waals surface area contributed by atoms with Gasteiger partial charge >= 0.3 is 5.69 Å². The molecule has 1 amide bonds. The zero-order valence-corrected chi connectivity index (χ0v) is 17.3. The lowest BCUT2D eigenvalue weighted by Crippen LogP contribution is -2.33. The van der Waals surface area contributed by atoms with E-state index in [1.807, 2.05) is 24.3 Å². The summed E-state index contributed by atoms with van der Waals surface area (Å²) in [7, 11) is 5.62. The molecule has 160 valence electrons. The van der Waals surface area contributed by atoms with Crippen molar-refractivity contribution in [2.24, 2.45) is 0 Å². The summed E-state index contributed by atoms with van der Waals surface area (Å²) in [5, 5.41) is 11.9. The minimum absolute atomic E-state index is 0.0262. The molecular weight excluding hydrogens is 392 g/mol. The van der Waals surface area contributed by atoms with Gasteiger partial charge in [-0.15, -0.1) is 0 Å². The maximum Gasteiger partial charge on any atom is 0.327 e. The van der Waals surface area contributed by atoms with Crippen LogP contribution in [-0.4, -0.2) is 50.2 Å². The van der Waals surface area contributed by atoms with Gasteiger partial charge in [-0.05, 0) is 30.5 Å². The number of amides is 1. The van der Waals surface area contributed by atoms with Crippen molar-refractivity contribution in [3.8, 4) is 23.0 Å². The summed E-state index contributed by atoms with van der Waals surface area (Å²) in [5.74, 6) is 0.354. The molecular formula is C21H24N2O7. The number of benzene rings is 2. The lowest BCUT2D eigenvalue weighted by Gasteiger charge is -2.24. The van der Waals surface area contributed by atoms with Gasteiger partial charge in [0, 0.05) is 18.7 Å². The second-order valence-corrected chi connectivity index (χ2v) is 6.81. The number of hydrogen-bond donors (Lipinski definition) is 0. The van der Waals surface area contributed by atoms with Crippen molar-refractivity contribution in [1.82, 2.24) is 4.90 Å².